The number of pyridine rings is 1. The first kappa shape index (κ1) is 19.7. The van der Waals surface area contributed by atoms with Crippen molar-refractivity contribution in [3.8, 4) is 5.75 Å². The van der Waals surface area contributed by atoms with Crippen molar-refractivity contribution in [2.24, 2.45) is 7.05 Å². The maximum absolute atomic E-state index is 13.2. The van der Waals surface area contributed by atoms with E-state index in [9.17, 15) is 14.7 Å². The third-order valence-electron chi connectivity index (χ3n) is 5.83. The quantitative estimate of drug-likeness (QED) is 0.822. The van der Waals surface area contributed by atoms with Gasteiger partial charge in [0, 0.05) is 51.5 Å². The minimum atomic E-state index is -0.285. The highest BCUT2D eigenvalue weighted by Crippen LogP contribution is 2.24. The highest BCUT2D eigenvalue weighted by atomic mass is 16.5. The molecule has 2 fully saturated rings. The molecule has 29 heavy (non-hydrogen) atoms. The fourth-order valence-corrected chi connectivity index (χ4v) is 4.09. The van der Waals surface area contributed by atoms with Crippen LogP contribution in [0.4, 0.5) is 0 Å². The zero-order chi connectivity index (χ0) is 20.4. The van der Waals surface area contributed by atoms with Crippen LogP contribution in [-0.4, -0.2) is 63.7 Å². The zero-order valence-corrected chi connectivity index (χ0v) is 16.7. The molecule has 0 unspecified atom stereocenters. The van der Waals surface area contributed by atoms with E-state index in [1.54, 1.807) is 22.7 Å². The lowest BCUT2D eigenvalue weighted by Crippen LogP contribution is -2.58. The van der Waals surface area contributed by atoms with Crippen LogP contribution in [0, 0.1) is 0 Å². The summed E-state index contributed by atoms with van der Waals surface area (Å²) in [6.45, 7) is 2.96. The Bertz CT molecular complexity index is 913. The van der Waals surface area contributed by atoms with Gasteiger partial charge in [0.15, 0.2) is 11.4 Å². The summed E-state index contributed by atoms with van der Waals surface area (Å²) in [4.78, 5) is 29.8. The van der Waals surface area contributed by atoms with E-state index >= 15 is 0 Å². The van der Waals surface area contributed by atoms with E-state index in [1.165, 1.54) is 6.07 Å². The molecule has 0 saturated carbocycles. The van der Waals surface area contributed by atoms with Crippen LogP contribution in [-0.2, 0) is 13.7 Å². The molecule has 2 aromatic rings. The zero-order valence-electron chi connectivity index (χ0n) is 16.7. The van der Waals surface area contributed by atoms with E-state index in [1.807, 2.05) is 30.3 Å². The van der Waals surface area contributed by atoms with Gasteiger partial charge in [-0.25, -0.2) is 0 Å². The predicted octanol–water partition coefficient (Wildman–Crippen LogP) is 1.25. The van der Waals surface area contributed by atoms with Gasteiger partial charge in [0.2, 0.25) is 5.43 Å². The second-order valence-electron chi connectivity index (χ2n) is 7.87. The molecule has 1 aromatic carbocycles. The van der Waals surface area contributed by atoms with Crippen LogP contribution < -0.4 is 10.2 Å². The van der Waals surface area contributed by atoms with Gasteiger partial charge >= 0.3 is 0 Å². The average molecular weight is 397 g/mol. The van der Waals surface area contributed by atoms with Gasteiger partial charge in [-0.1, -0.05) is 30.3 Å². The number of aliphatic hydroxyl groups excluding tert-OH is 1. The molecule has 1 amide bonds. The first-order chi connectivity index (χ1) is 14.0. The number of piperidine rings is 1. The number of aliphatic hydroxyl groups is 1. The van der Waals surface area contributed by atoms with Crippen molar-refractivity contribution >= 4 is 5.91 Å². The minimum Gasteiger partial charge on any atom is -0.483 e. The molecule has 2 saturated heterocycles. The fourth-order valence-electron chi connectivity index (χ4n) is 4.09. The topological polar surface area (TPSA) is 75.0 Å². The lowest BCUT2D eigenvalue weighted by atomic mass is 9.98. The molecule has 0 radical (unpaired) electrons. The molecule has 3 heterocycles. The van der Waals surface area contributed by atoms with Crippen LogP contribution in [0.5, 0.6) is 5.75 Å². The van der Waals surface area contributed by atoms with Gasteiger partial charge in [0.25, 0.3) is 5.91 Å². The van der Waals surface area contributed by atoms with E-state index in [-0.39, 0.29) is 29.8 Å². The Balaban J connectivity index is 1.48. The summed E-state index contributed by atoms with van der Waals surface area (Å²) in [6.07, 6.45) is 3.15. The van der Waals surface area contributed by atoms with Crippen LogP contribution in [0.15, 0.2) is 47.4 Å². The van der Waals surface area contributed by atoms with Gasteiger partial charge in [-0.05, 0) is 18.4 Å². The Kier molecular flexibility index (Phi) is 5.69. The number of aromatic nitrogens is 1. The maximum atomic E-state index is 13.2. The highest BCUT2D eigenvalue weighted by molar-refractivity contribution is 5.95. The van der Waals surface area contributed by atoms with Gasteiger partial charge in [0.05, 0.1) is 6.10 Å². The van der Waals surface area contributed by atoms with E-state index in [4.69, 9.17) is 4.74 Å². The Morgan fingerprint density at radius 2 is 1.83 bits per heavy atom. The lowest BCUT2D eigenvalue weighted by Gasteiger charge is -2.45. The molecular formula is C22H27N3O4. The van der Waals surface area contributed by atoms with E-state index in [2.05, 4.69) is 4.90 Å². The van der Waals surface area contributed by atoms with E-state index in [0.29, 0.717) is 24.8 Å². The van der Waals surface area contributed by atoms with Crippen molar-refractivity contribution in [2.75, 3.05) is 26.2 Å². The summed E-state index contributed by atoms with van der Waals surface area (Å²) in [5, 5.41) is 9.51. The number of rotatable bonds is 5. The average Bonchev–Trinajstić information content (AvgIpc) is 2.72. The standard InChI is InChI=1S/C22H27N3O4/c1-23-10-9-19(27)21(29-15-16-5-3-2-4-6-16)20(23)22(28)24-11-7-17(8-12-24)25-13-18(26)14-25/h2-6,9-10,17-18,26H,7-8,11-15H2,1H3. The largest absolute Gasteiger partial charge is 0.483 e. The smallest absolute Gasteiger partial charge is 0.274 e. The van der Waals surface area contributed by atoms with Crippen molar-refractivity contribution in [2.45, 2.75) is 31.6 Å². The second-order valence-corrected chi connectivity index (χ2v) is 7.87. The van der Waals surface area contributed by atoms with Crippen molar-refractivity contribution in [1.82, 2.24) is 14.4 Å². The van der Waals surface area contributed by atoms with Crippen molar-refractivity contribution in [3.05, 3.63) is 64.1 Å². The number of carbonyl (C=O) groups is 1. The molecule has 4 rings (SSSR count). The molecule has 7 nitrogen and oxygen atoms in total. The molecular weight excluding hydrogens is 370 g/mol. The molecule has 0 spiro atoms. The monoisotopic (exact) mass is 397 g/mol. The van der Waals surface area contributed by atoms with Crippen LogP contribution >= 0.6 is 0 Å². The Morgan fingerprint density at radius 3 is 2.48 bits per heavy atom. The third kappa shape index (κ3) is 4.21. The summed E-state index contributed by atoms with van der Waals surface area (Å²) in [7, 11) is 1.76. The molecule has 2 aliphatic rings. The number of aryl methyl sites for hydroxylation is 1. The summed E-state index contributed by atoms with van der Waals surface area (Å²) >= 11 is 0. The van der Waals surface area contributed by atoms with Gasteiger partial charge in [-0.3, -0.25) is 14.5 Å². The number of carbonyl (C=O) groups excluding carboxylic acids is 1. The molecule has 7 heteroatoms. The SMILES string of the molecule is Cn1ccc(=O)c(OCc2ccccc2)c1C(=O)N1CCC(N2CC(O)C2)CC1. The van der Waals surface area contributed by atoms with E-state index < -0.39 is 0 Å². The minimum absolute atomic E-state index is 0.108. The number of ether oxygens (including phenoxy) is 1. The lowest BCUT2D eigenvalue weighted by molar-refractivity contribution is -0.0382. The molecule has 0 aliphatic carbocycles. The molecule has 1 N–H and O–H groups in total. The predicted molar refractivity (Wildman–Crippen MR) is 109 cm³/mol. The number of likely N-dealkylation sites (tertiary alicyclic amines) is 2. The van der Waals surface area contributed by atoms with Crippen LogP contribution in [0.2, 0.25) is 0 Å². The van der Waals surface area contributed by atoms with Gasteiger partial charge in [-0.15, -0.1) is 0 Å². The Morgan fingerprint density at radius 1 is 1.14 bits per heavy atom. The van der Waals surface area contributed by atoms with Gasteiger partial charge in [-0.2, -0.15) is 0 Å². The van der Waals surface area contributed by atoms with Crippen molar-refractivity contribution < 1.29 is 14.6 Å². The first-order valence-electron chi connectivity index (χ1n) is 10.1. The number of nitrogens with zero attached hydrogens (tertiary/aromatic N) is 3. The number of hydrogen-bond donors (Lipinski definition) is 1. The van der Waals surface area contributed by atoms with E-state index in [0.717, 1.165) is 31.5 Å². The summed E-state index contributed by atoms with van der Waals surface area (Å²) in [6, 6.07) is 11.4. The highest BCUT2D eigenvalue weighted by Gasteiger charge is 2.35. The fraction of sp³-hybridized carbons (Fsp3) is 0.455. The van der Waals surface area contributed by atoms with Gasteiger partial charge < -0.3 is 19.3 Å². The Hall–Kier alpha value is -2.64. The number of amides is 1. The normalized spacial score (nSPS) is 18.5. The number of hydrogen-bond acceptors (Lipinski definition) is 5. The maximum Gasteiger partial charge on any atom is 0.274 e. The van der Waals surface area contributed by atoms with Crippen LogP contribution in [0.1, 0.15) is 28.9 Å². The van der Waals surface area contributed by atoms with Crippen LogP contribution in [0.3, 0.4) is 0 Å². The molecule has 0 atom stereocenters. The second kappa shape index (κ2) is 8.39. The van der Waals surface area contributed by atoms with Crippen molar-refractivity contribution in [1.29, 1.82) is 0 Å². The van der Waals surface area contributed by atoms with Gasteiger partial charge in [0.1, 0.15) is 6.61 Å². The summed E-state index contributed by atoms with van der Waals surface area (Å²) < 4.78 is 7.50. The third-order valence-corrected chi connectivity index (χ3v) is 5.83. The summed E-state index contributed by atoms with van der Waals surface area (Å²) in [5.74, 6) is -0.0628. The molecule has 1 aromatic heterocycles. The Labute approximate surface area is 170 Å². The summed E-state index contributed by atoms with van der Waals surface area (Å²) in [5.41, 5.74) is 0.951. The van der Waals surface area contributed by atoms with Crippen LogP contribution in [0.25, 0.3) is 0 Å². The first-order valence-corrected chi connectivity index (χ1v) is 10.1. The molecule has 154 valence electrons. The molecule has 2 aliphatic heterocycles. The molecule has 0 bridgehead atoms. The van der Waals surface area contributed by atoms with Crippen molar-refractivity contribution in [3.63, 3.8) is 0 Å². The number of β-amino-alcohol motifs (C(OH)–C–C–N with tert-alkyl or cyclic N) is 1. The number of benzene rings is 1.